The summed E-state index contributed by atoms with van der Waals surface area (Å²) in [6.45, 7) is 5.15. The summed E-state index contributed by atoms with van der Waals surface area (Å²) in [4.78, 5) is 15.4. The molecule has 0 bridgehead atoms. The Kier molecular flexibility index (Phi) is 3.48. The number of oxime groups is 1. The van der Waals surface area contributed by atoms with Gasteiger partial charge in [0.05, 0.1) is 0 Å². The number of nitrogen functional groups attached to an aromatic ring is 1. The summed E-state index contributed by atoms with van der Waals surface area (Å²) in [5.74, 6) is -0.736. The number of hydrogen-bond acceptors (Lipinski definition) is 7. The van der Waals surface area contributed by atoms with Crippen LogP contribution in [0.5, 0.6) is 0 Å². The Hall–Kier alpha value is -1.63. The van der Waals surface area contributed by atoms with Gasteiger partial charge in [0.2, 0.25) is 5.71 Å². The first-order chi connectivity index (χ1) is 7.33. The lowest BCUT2D eigenvalue weighted by molar-refractivity contribution is -0.146. The molecule has 0 aliphatic rings. The number of hydrogen-bond donors (Lipinski definition) is 2. The number of rotatable bonds is 2. The monoisotopic (exact) mass is 243 g/mol. The first-order valence-electron chi connectivity index (χ1n) is 4.50. The fourth-order valence-corrected chi connectivity index (χ4v) is 1.47. The van der Waals surface area contributed by atoms with Crippen LogP contribution in [0.2, 0.25) is 0 Å². The molecule has 0 radical (unpaired) electrons. The minimum Gasteiger partial charge on any atom is -0.455 e. The van der Waals surface area contributed by atoms with Crippen molar-refractivity contribution in [2.75, 3.05) is 5.73 Å². The van der Waals surface area contributed by atoms with Crippen LogP contribution in [-0.2, 0) is 9.53 Å². The van der Waals surface area contributed by atoms with Gasteiger partial charge in [-0.05, 0) is 20.8 Å². The number of aromatic nitrogens is 1. The summed E-state index contributed by atoms with van der Waals surface area (Å²) < 4.78 is 5.05. The van der Waals surface area contributed by atoms with Crippen LogP contribution < -0.4 is 5.73 Å². The van der Waals surface area contributed by atoms with Gasteiger partial charge >= 0.3 is 5.97 Å². The van der Waals surface area contributed by atoms with E-state index in [0.29, 0.717) is 5.13 Å². The zero-order chi connectivity index (χ0) is 12.3. The second-order valence-corrected chi connectivity index (χ2v) is 4.91. The highest BCUT2D eigenvalue weighted by atomic mass is 32.1. The largest absolute Gasteiger partial charge is 0.455 e. The molecule has 1 rings (SSSR count). The van der Waals surface area contributed by atoms with Crippen molar-refractivity contribution in [1.82, 2.24) is 4.98 Å². The number of nitrogens with zero attached hydrogens (tertiary/aromatic N) is 2. The van der Waals surface area contributed by atoms with Crippen LogP contribution in [0.3, 0.4) is 0 Å². The maximum Gasteiger partial charge on any atom is 0.363 e. The van der Waals surface area contributed by atoms with Gasteiger partial charge in [0.15, 0.2) is 5.13 Å². The smallest absolute Gasteiger partial charge is 0.363 e. The van der Waals surface area contributed by atoms with Crippen LogP contribution in [0.1, 0.15) is 26.5 Å². The van der Waals surface area contributed by atoms with Gasteiger partial charge < -0.3 is 15.7 Å². The summed E-state index contributed by atoms with van der Waals surface area (Å²) in [5.41, 5.74) is 4.72. The number of carbonyl (C=O) groups is 1. The fourth-order valence-electron chi connectivity index (χ4n) is 0.919. The van der Waals surface area contributed by atoms with E-state index in [1.165, 1.54) is 5.38 Å². The molecule has 0 atom stereocenters. The third kappa shape index (κ3) is 3.20. The molecule has 0 aliphatic heterocycles. The maximum absolute atomic E-state index is 11.6. The molecule has 0 aliphatic carbocycles. The maximum atomic E-state index is 11.6. The highest BCUT2D eigenvalue weighted by Crippen LogP contribution is 2.14. The molecule has 3 N–H and O–H groups in total. The minimum atomic E-state index is -0.736. The second-order valence-electron chi connectivity index (χ2n) is 4.02. The molecule has 0 unspecified atom stereocenters. The summed E-state index contributed by atoms with van der Waals surface area (Å²) in [5, 5.41) is 13.5. The molecular weight excluding hydrogens is 230 g/mol. The molecule has 1 aromatic rings. The van der Waals surface area contributed by atoms with E-state index in [1.54, 1.807) is 20.8 Å². The molecular formula is C9H13N3O3S. The molecule has 0 fully saturated rings. The highest BCUT2D eigenvalue weighted by Gasteiger charge is 2.24. The first kappa shape index (κ1) is 12.4. The van der Waals surface area contributed by atoms with Crippen molar-refractivity contribution in [1.29, 1.82) is 0 Å². The van der Waals surface area contributed by atoms with Crippen molar-refractivity contribution >= 4 is 28.1 Å². The molecule has 0 spiro atoms. The molecule has 6 nitrogen and oxygen atoms in total. The molecule has 16 heavy (non-hydrogen) atoms. The van der Waals surface area contributed by atoms with Gasteiger partial charge in [-0.15, -0.1) is 11.3 Å². The number of esters is 1. The Labute approximate surface area is 96.7 Å². The SMILES string of the molecule is CC(C)(C)OC(=O)/C(=N/O)c1csc(N)n1. The standard InChI is InChI=1S/C9H13N3O3S/c1-9(2,3)15-7(13)6(12-14)5-4-16-8(10)11-5/h4,14H,1-3H3,(H2,10,11)/b12-6+. The average Bonchev–Trinajstić information content (AvgIpc) is 2.49. The molecule has 0 aromatic carbocycles. The van der Waals surface area contributed by atoms with Crippen molar-refractivity contribution in [2.45, 2.75) is 26.4 Å². The van der Waals surface area contributed by atoms with E-state index < -0.39 is 11.6 Å². The van der Waals surface area contributed by atoms with Crippen molar-refractivity contribution in [3.8, 4) is 0 Å². The van der Waals surface area contributed by atoms with Gasteiger partial charge in [0, 0.05) is 5.38 Å². The third-order valence-corrected chi connectivity index (χ3v) is 2.13. The predicted molar refractivity (Wildman–Crippen MR) is 60.7 cm³/mol. The third-order valence-electron chi connectivity index (χ3n) is 1.46. The summed E-state index contributed by atoms with van der Waals surface area (Å²) in [7, 11) is 0. The number of anilines is 1. The normalized spacial score (nSPS) is 12.6. The number of nitrogens with two attached hydrogens (primary N) is 1. The van der Waals surface area contributed by atoms with E-state index in [-0.39, 0.29) is 11.4 Å². The van der Waals surface area contributed by atoms with E-state index >= 15 is 0 Å². The van der Waals surface area contributed by atoms with Crippen LogP contribution in [0, 0.1) is 0 Å². The lowest BCUT2D eigenvalue weighted by Crippen LogP contribution is -2.29. The van der Waals surface area contributed by atoms with Crippen molar-refractivity contribution in [3.63, 3.8) is 0 Å². The van der Waals surface area contributed by atoms with Crippen molar-refractivity contribution in [3.05, 3.63) is 11.1 Å². The highest BCUT2D eigenvalue weighted by molar-refractivity contribution is 7.13. The first-order valence-corrected chi connectivity index (χ1v) is 5.38. The van der Waals surface area contributed by atoms with Crippen molar-refractivity contribution < 1.29 is 14.7 Å². The summed E-state index contributed by atoms with van der Waals surface area (Å²) in [6, 6.07) is 0. The summed E-state index contributed by atoms with van der Waals surface area (Å²) >= 11 is 1.15. The van der Waals surface area contributed by atoms with Gasteiger partial charge in [0.25, 0.3) is 0 Å². The lowest BCUT2D eigenvalue weighted by atomic mass is 10.2. The Balaban J connectivity index is 2.89. The Morgan fingerprint density at radius 3 is 2.62 bits per heavy atom. The van der Waals surface area contributed by atoms with E-state index in [2.05, 4.69) is 10.1 Å². The van der Waals surface area contributed by atoms with E-state index in [1.807, 2.05) is 0 Å². The van der Waals surface area contributed by atoms with Crippen molar-refractivity contribution in [2.24, 2.45) is 5.16 Å². The average molecular weight is 243 g/mol. The molecule has 1 heterocycles. The molecule has 7 heteroatoms. The van der Waals surface area contributed by atoms with Crippen LogP contribution >= 0.6 is 11.3 Å². The topological polar surface area (TPSA) is 97.8 Å². The van der Waals surface area contributed by atoms with Gasteiger partial charge in [-0.3, -0.25) is 0 Å². The van der Waals surface area contributed by atoms with Gasteiger partial charge in [-0.2, -0.15) is 0 Å². The quantitative estimate of drug-likeness (QED) is 0.352. The van der Waals surface area contributed by atoms with Crippen LogP contribution in [0.15, 0.2) is 10.5 Å². The van der Waals surface area contributed by atoms with E-state index in [4.69, 9.17) is 15.7 Å². The van der Waals surface area contributed by atoms with Crippen LogP contribution in [-0.4, -0.2) is 27.5 Å². The number of carbonyl (C=O) groups excluding carboxylic acids is 1. The van der Waals surface area contributed by atoms with E-state index in [0.717, 1.165) is 11.3 Å². The van der Waals surface area contributed by atoms with Gasteiger partial charge in [0.1, 0.15) is 11.3 Å². The molecule has 88 valence electrons. The number of thiazole rings is 1. The Morgan fingerprint density at radius 1 is 1.62 bits per heavy atom. The minimum absolute atomic E-state index is 0.208. The molecule has 0 amide bonds. The van der Waals surface area contributed by atoms with Gasteiger partial charge in [-0.1, -0.05) is 5.16 Å². The molecule has 0 saturated heterocycles. The second kappa shape index (κ2) is 4.48. The lowest BCUT2D eigenvalue weighted by Gasteiger charge is -2.19. The Morgan fingerprint density at radius 2 is 2.25 bits per heavy atom. The fraction of sp³-hybridized carbons (Fsp3) is 0.444. The van der Waals surface area contributed by atoms with Crippen LogP contribution in [0.25, 0.3) is 0 Å². The molecule has 1 aromatic heterocycles. The molecule has 0 saturated carbocycles. The van der Waals surface area contributed by atoms with Gasteiger partial charge in [-0.25, -0.2) is 9.78 Å². The Bertz CT molecular complexity index is 420. The van der Waals surface area contributed by atoms with Crippen LogP contribution in [0.4, 0.5) is 5.13 Å². The summed E-state index contributed by atoms with van der Waals surface area (Å²) in [6.07, 6.45) is 0. The number of ether oxygens (including phenoxy) is 1. The zero-order valence-electron chi connectivity index (χ0n) is 9.22. The van der Waals surface area contributed by atoms with E-state index in [9.17, 15) is 4.79 Å². The predicted octanol–water partition coefficient (Wildman–Crippen LogP) is 1.25. The zero-order valence-corrected chi connectivity index (χ0v) is 10.0.